The van der Waals surface area contributed by atoms with Crippen LogP contribution in [0.3, 0.4) is 0 Å². The van der Waals surface area contributed by atoms with Crippen molar-refractivity contribution in [3.63, 3.8) is 0 Å². The molecule has 0 N–H and O–H groups in total. The predicted octanol–water partition coefficient (Wildman–Crippen LogP) is 3.38. The second-order valence-electron chi connectivity index (χ2n) is 6.50. The number of nitrogens with zero attached hydrogens (tertiary/aromatic N) is 2. The summed E-state index contributed by atoms with van der Waals surface area (Å²) in [5.41, 5.74) is -1.40. The first-order valence-electron chi connectivity index (χ1n) is 8.02. The van der Waals surface area contributed by atoms with Crippen molar-refractivity contribution in [2.75, 3.05) is 30.2 Å². The number of hydrogen-bond acceptors (Lipinski definition) is 3. The van der Waals surface area contributed by atoms with E-state index >= 15 is 0 Å². The first-order valence-corrected chi connectivity index (χ1v) is 10.2. The Labute approximate surface area is 155 Å². The Morgan fingerprint density at radius 1 is 1.31 bits per heavy atom. The Balaban J connectivity index is 2.33. The maximum absolute atomic E-state index is 13.0. The molecule has 10 heteroatoms. The summed E-state index contributed by atoms with van der Waals surface area (Å²) >= 11 is 5.94. The van der Waals surface area contributed by atoms with Gasteiger partial charge in [0.05, 0.1) is 22.5 Å². The quantitative estimate of drug-likeness (QED) is 0.761. The van der Waals surface area contributed by atoms with Crippen molar-refractivity contribution in [2.24, 2.45) is 5.92 Å². The van der Waals surface area contributed by atoms with Gasteiger partial charge in [-0.25, -0.2) is 8.42 Å². The number of alkyl halides is 3. The first-order chi connectivity index (χ1) is 11.9. The van der Waals surface area contributed by atoms with Gasteiger partial charge in [0.1, 0.15) is 6.54 Å². The topological polar surface area (TPSA) is 57.7 Å². The van der Waals surface area contributed by atoms with Crippen LogP contribution < -0.4 is 4.31 Å². The van der Waals surface area contributed by atoms with Gasteiger partial charge < -0.3 is 4.90 Å². The number of hydrogen-bond donors (Lipinski definition) is 0. The molecule has 1 aromatic carbocycles. The highest BCUT2D eigenvalue weighted by molar-refractivity contribution is 7.92. The van der Waals surface area contributed by atoms with Gasteiger partial charge in [-0.3, -0.25) is 9.10 Å². The van der Waals surface area contributed by atoms with Crippen LogP contribution in [0, 0.1) is 5.92 Å². The minimum Gasteiger partial charge on any atom is -0.341 e. The zero-order valence-electron chi connectivity index (χ0n) is 14.4. The van der Waals surface area contributed by atoms with Crippen LogP contribution in [0.15, 0.2) is 18.2 Å². The van der Waals surface area contributed by atoms with Gasteiger partial charge in [-0.1, -0.05) is 18.5 Å². The molecule has 1 heterocycles. The molecule has 1 aliphatic heterocycles. The fraction of sp³-hybridized carbons (Fsp3) is 0.562. The lowest BCUT2D eigenvalue weighted by Gasteiger charge is -2.32. The van der Waals surface area contributed by atoms with Crippen LogP contribution in [0.25, 0.3) is 0 Å². The molecule has 0 aliphatic carbocycles. The lowest BCUT2D eigenvalue weighted by atomic mass is 9.99. The molecule has 0 atom stereocenters. The molecule has 5 nitrogen and oxygen atoms in total. The van der Waals surface area contributed by atoms with E-state index in [1.807, 2.05) is 0 Å². The Kier molecular flexibility index (Phi) is 6.12. The Bertz CT molecular complexity index is 775. The highest BCUT2D eigenvalue weighted by Gasteiger charge is 2.33. The summed E-state index contributed by atoms with van der Waals surface area (Å²) in [5.74, 6) is 0.0128. The normalized spacial score (nSPS) is 16.6. The van der Waals surface area contributed by atoms with Crippen molar-refractivity contribution in [1.29, 1.82) is 0 Å². The van der Waals surface area contributed by atoms with E-state index in [9.17, 15) is 26.4 Å². The SMILES string of the molecule is CC1CCN(C(=O)CN(c2cc(C(F)(F)F)ccc2Cl)S(C)(=O)=O)CC1. The van der Waals surface area contributed by atoms with E-state index in [4.69, 9.17) is 11.6 Å². The molecule has 146 valence electrons. The van der Waals surface area contributed by atoms with E-state index in [2.05, 4.69) is 6.92 Å². The van der Waals surface area contributed by atoms with Crippen LogP contribution in [-0.2, 0) is 21.0 Å². The third-order valence-corrected chi connectivity index (χ3v) is 5.80. The van der Waals surface area contributed by atoms with Gasteiger partial charge in [-0.15, -0.1) is 0 Å². The second kappa shape index (κ2) is 7.64. The molecule has 0 bridgehead atoms. The summed E-state index contributed by atoms with van der Waals surface area (Å²) in [4.78, 5) is 14.0. The Hall–Kier alpha value is -1.48. The average molecular weight is 413 g/mol. The van der Waals surface area contributed by atoms with Gasteiger partial charge in [0.15, 0.2) is 0 Å². The van der Waals surface area contributed by atoms with E-state index < -0.39 is 34.2 Å². The van der Waals surface area contributed by atoms with E-state index in [0.29, 0.717) is 29.4 Å². The molecule has 26 heavy (non-hydrogen) atoms. The molecular formula is C16H20ClF3N2O3S. The summed E-state index contributed by atoms with van der Waals surface area (Å²) in [7, 11) is -4.01. The minimum absolute atomic E-state index is 0.177. The molecule has 1 fully saturated rings. The van der Waals surface area contributed by atoms with E-state index in [0.717, 1.165) is 31.2 Å². The summed E-state index contributed by atoms with van der Waals surface area (Å²) in [6, 6.07) is 2.39. The molecule has 0 aromatic heterocycles. The summed E-state index contributed by atoms with van der Waals surface area (Å²) in [5, 5.41) is -0.177. The van der Waals surface area contributed by atoms with Gasteiger partial charge in [0, 0.05) is 13.1 Å². The fourth-order valence-electron chi connectivity index (χ4n) is 2.74. The molecule has 0 unspecified atom stereocenters. The molecule has 0 spiro atoms. The van der Waals surface area contributed by atoms with Crippen LogP contribution in [0.2, 0.25) is 5.02 Å². The van der Waals surface area contributed by atoms with Crippen molar-refractivity contribution >= 4 is 33.2 Å². The zero-order chi connectivity index (χ0) is 19.7. The number of benzene rings is 1. The molecule has 1 saturated heterocycles. The van der Waals surface area contributed by atoms with Crippen LogP contribution in [0.1, 0.15) is 25.3 Å². The summed E-state index contributed by atoms with van der Waals surface area (Å²) in [6.45, 7) is 2.46. The van der Waals surface area contributed by atoms with Crippen molar-refractivity contribution in [1.82, 2.24) is 4.90 Å². The standard InChI is InChI=1S/C16H20ClF3N2O3S/c1-11-5-7-21(8-6-11)15(23)10-22(26(2,24)25)14-9-12(16(18,19)20)3-4-13(14)17/h3-4,9,11H,5-8,10H2,1-2H3. The summed E-state index contributed by atoms with van der Waals surface area (Å²) < 4.78 is 63.8. The number of halogens is 4. The number of carbonyl (C=O) groups is 1. The van der Waals surface area contributed by atoms with E-state index in [1.165, 1.54) is 4.90 Å². The number of carbonyl (C=O) groups excluding carboxylic acids is 1. The maximum atomic E-state index is 13.0. The van der Waals surface area contributed by atoms with Gasteiger partial charge in [0.2, 0.25) is 15.9 Å². The largest absolute Gasteiger partial charge is 0.416 e. The lowest BCUT2D eigenvalue weighted by molar-refractivity contribution is -0.137. The second-order valence-corrected chi connectivity index (χ2v) is 8.81. The first kappa shape index (κ1) is 20.8. The van der Waals surface area contributed by atoms with Crippen LogP contribution >= 0.6 is 11.6 Å². The van der Waals surface area contributed by atoms with E-state index in [-0.39, 0.29) is 10.7 Å². The average Bonchev–Trinajstić information content (AvgIpc) is 2.51. The Morgan fingerprint density at radius 2 is 1.88 bits per heavy atom. The number of rotatable bonds is 4. The molecule has 0 radical (unpaired) electrons. The molecule has 1 amide bonds. The molecule has 1 aromatic rings. The lowest BCUT2D eigenvalue weighted by Crippen LogP contribution is -2.45. The van der Waals surface area contributed by atoms with Gasteiger partial charge in [-0.05, 0) is 37.0 Å². The predicted molar refractivity (Wildman–Crippen MR) is 93.6 cm³/mol. The number of sulfonamides is 1. The minimum atomic E-state index is -4.66. The number of amides is 1. The van der Waals surface area contributed by atoms with Crippen molar-refractivity contribution in [2.45, 2.75) is 25.9 Å². The van der Waals surface area contributed by atoms with Crippen molar-refractivity contribution in [3.05, 3.63) is 28.8 Å². The van der Waals surface area contributed by atoms with E-state index in [1.54, 1.807) is 0 Å². The number of piperidine rings is 1. The van der Waals surface area contributed by atoms with Gasteiger partial charge in [0.25, 0.3) is 0 Å². The van der Waals surface area contributed by atoms with Gasteiger partial charge >= 0.3 is 6.18 Å². The van der Waals surface area contributed by atoms with Gasteiger partial charge in [-0.2, -0.15) is 13.2 Å². The highest BCUT2D eigenvalue weighted by Crippen LogP contribution is 2.36. The van der Waals surface area contributed by atoms with Crippen LogP contribution in [-0.4, -0.2) is 45.1 Å². The van der Waals surface area contributed by atoms with Crippen molar-refractivity contribution < 1.29 is 26.4 Å². The highest BCUT2D eigenvalue weighted by atomic mass is 35.5. The third-order valence-electron chi connectivity index (χ3n) is 4.36. The van der Waals surface area contributed by atoms with Crippen LogP contribution in [0.5, 0.6) is 0 Å². The third kappa shape index (κ3) is 5.03. The smallest absolute Gasteiger partial charge is 0.341 e. The monoisotopic (exact) mass is 412 g/mol. The number of anilines is 1. The number of likely N-dealkylation sites (tertiary alicyclic amines) is 1. The summed E-state index contributed by atoms with van der Waals surface area (Å²) in [6.07, 6.45) is -2.23. The fourth-order valence-corrected chi connectivity index (χ4v) is 3.87. The Morgan fingerprint density at radius 3 is 2.38 bits per heavy atom. The zero-order valence-corrected chi connectivity index (χ0v) is 16.0. The maximum Gasteiger partial charge on any atom is 0.416 e. The van der Waals surface area contributed by atoms with Crippen molar-refractivity contribution in [3.8, 4) is 0 Å². The molecule has 1 aliphatic rings. The molecular weight excluding hydrogens is 393 g/mol. The molecule has 0 saturated carbocycles. The van der Waals surface area contributed by atoms with Crippen LogP contribution in [0.4, 0.5) is 18.9 Å². The molecule has 2 rings (SSSR count).